The van der Waals surface area contributed by atoms with Gasteiger partial charge in [-0.05, 0) is 18.8 Å². The normalized spacial score (nSPS) is 13.1. The van der Waals surface area contributed by atoms with E-state index < -0.39 is 0 Å². The maximum Gasteiger partial charge on any atom is 0.350 e. The zero-order valence-corrected chi connectivity index (χ0v) is 11.3. The Morgan fingerprint density at radius 2 is 2.29 bits per heavy atom. The van der Waals surface area contributed by atoms with E-state index in [-0.39, 0.29) is 5.69 Å². The molecule has 0 saturated heterocycles. The van der Waals surface area contributed by atoms with Crippen LogP contribution in [0.5, 0.6) is 0 Å². The van der Waals surface area contributed by atoms with Crippen LogP contribution >= 0.6 is 15.9 Å². The van der Waals surface area contributed by atoms with E-state index in [0.717, 1.165) is 18.2 Å². The van der Waals surface area contributed by atoms with Crippen molar-refractivity contribution in [3.05, 3.63) is 29.1 Å². The molecule has 0 aromatic carbocycles. The number of alkyl halides is 1. The first-order chi connectivity index (χ1) is 8.22. The molecule has 0 aliphatic carbocycles. The first kappa shape index (κ1) is 12.3. The van der Waals surface area contributed by atoms with Crippen molar-refractivity contribution in [3.8, 4) is 0 Å². The van der Waals surface area contributed by atoms with Gasteiger partial charge >= 0.3 is 5.69 Å². The lowest BCUT2D eigenvalue weighted by atomic mass is 10.1. The Morgan fingerprint density at radius 1 is 1.47 bits per heavy atom. The van der Waals surface area contributed by atoms with Crippen molar-refractivity contribution in [2.75, 3.05) is 5.33 Å². The van der Waals surface area contributed by atoms with Gasteiger partial charge in [-0.2, -0.15) is 0 Å². The number of rotatable bonds is 5. The van der Waals surface area contributed by atoms with Crippen molar-refractivity contribution in [2.45, 2.75) is 26.3 Å². The highest BCUT2D eigenvalue weighted by Crippen LogP contribution is 2.09. The van der Waals surface area contributed by atoms with Crippen LogP contribution in [0.25, 0.3) is 5.65 Å². The summed E-state index contributed by atoms with van der Waals surface area (Å²) in [6.45, 7) is 2.85. The number of hydrogen-bond donors (Lipinski definition) is 0. The largest absolute Gasteiger partial charge is 0.350 e. The molecule has 0 fully saturated rings. The number of hydrogen-bond acceptors (Lipinski definition) is 3. The Morgan fingerprint density at radius 3 is 3.00 bits per heavy atom. The molecule has 0 aliphatic heterocycles. The highest BCUT2D eigenvalue weighted by Gasteiger charge is 2.08. The topological polar surface area (TPSA) is 52.2 Å². The predicted octanol–water partition coefficient (Wildman–Crippen LogP) is 1.70. The zero-order valence-electron chi connectivity index (χ0n) is 9.71. The summed E-state index contributed by atoms with van der Waals surface area (Å²) in [7, 11) is 0. The minimum absolute atomic E-state index is 0.0894. The number of nitrogens with zero attached hydrogens (tertiary/aromatic N) is 4. The average Bonchev–Trinajstić information content (AvgIpc) is 2.65. The molecular formula is C11H15BrN4O. The lowest BCUT2D eigenvalue weighted by molar-refractivity contribution is 0.445. The lowest BCUT2D eigenvalue weighted by Gasteiger charge is -2.07. The zero-order chi connectivity index (χ0) is 12.3. The molecule has 92 valence electrons. The fraction of sp³-hybridized carbons (Fsp3) is 0.545. The van der Waals surface area contributed by atoms with Gasteiger partial charge in [-0.15, -0.1) is 5.10 Å². The Hall–Kier alpha value is -1.17. The molecule has 0 N–H and O–H groups in total. The van der Waals surface area contributed by atoms with E-state index >= 15 is 0 Å². The number of fused-ring (bicyclic) bond motifs is 1. The molecule has 17 heavy (non-hydrogen) atoms. The van der Waals surface area contributed by atoms with Crippen molar-refractivity contribution >= 4 is 21.6 Å². The van der Waals surface area contributed by atoms with E-state index in [1.807, 2.05) is 0 Å². The molecule has 0 amide bonds. The van der Waals surface area contributed by atoms with Gasteiger partial charge in [-0.1, -0.05) is 22.9 Å². The third-order valence-electron chi connectivity index (χ3n) is 2.82. The summed E-state index contributed by atoms with van der Waals surface area (Å²) in [6.07, 6.45) is 6.91. The third-order valence-corrected chi connectivity index (χ3v) is 3.28. The molecule has 2 rings (SSSR count). The first-order valence-corrected chi connectivity index (χ1v) is 6.79. The van der Waals surface area contributed by atoms with E-state index in [1.54, 1.807) is 18.6 Å². The van der Waals surface area contributed by atoms with Gasteiger partial charge in [0.2, 0.25) is 0 Å². The van der Waals surface area contributed by atoms with Crippen molar-refractivity contribution in [1.82, 2.24) is 19.2 Å². The molecule has 0 aliphatic rings. The Balaban J connectivity index is 2.14. The monoisotopic (exact) mass is 298 g/mol. The summed E-state index contributed by atoms with van der Waals surface area (Å²) in [5, 5.41) is 5.24. The molecule has 0 bridgehead atoms. The van der Waals surface area contributed by atoms with Crippen molar-refractivity contribution in [1.29, 1.82) is 0 Å². The molecule has 6 heteroatoms. The molecular weight excluding hydrogens is 284 g/mol. The van der Waals surface area contributed by atoms with Crippen molar-refractivity contribution < 1.29 is 0 Å². The van der Waals surface area contributed by atoms with Crippen molar-refractivity contribution in [2.24, 2.45) is 5.92 Å². The van der Waals surface area contributed by atoms with Crippen LogP contribution in [0.4, 0.5) is 0 Å². The Bertz CT molecular complexity index is 548. The minimum Gasteiger partial charge on any atom is -0.259 e. The van der Waals surface area contributed by atoms with Crippen LogP contribution in [-0.2, 0) is 6.54 Å². The molecule has 0 radical (unpaired) electrons. The molecule has 1 atom stereocenters. The van der Waals surface area contributed by atoms with Crippen LogP contribution in [0.15, 0.2) is 23.4 Å². The summed E-state index contributed by atoms with van der Waals surface area (Å²) in [6, 6.07) is 0. The minimum atomic E-state index is -0.0894. The van der Waals surface area contributed by atoms with Gasteiger partial charge in [0.25, 0.3) is 0 Å². The van der Waals surface area contributed by atoms with E-state index in [9.17, 15) is 4.79 Å². The summed E-state index contributed by atoms with van der Waals surface area (Å²) in [5.74, 6) is 0.587. The number of aryl methyl sites for hydroxylation is 1. The van der Waals surface area contributed by atoms with Crippen LogP contribution in [0, 0.1) is 5.92 Å². The maximum absolute atomic E-state index is 11.9. The molecule has 0 saturated carbocycles. The highest BCUT2D eigenvalue weighted by molar-refractivity contribution is 9.09. The summed E-state index contributed by atoms with van der Waals surface area (Å²) in [5.41, 5.74) is 0.513. The first-order valence-electron chi connectivity index (χ1n) is 5.67. The standard InChI is InChI=1S/C11H15BrN4O/c1-9(2-4-12)3-6-16-11(17)15-7-5-13-8-10(15)14-16/h5,7-9H,2-4,6H2,1H3. The second kappa shape index (κ2) is 5.44. The summed E-state index contributed by atoms with van der Waals surface area (Å²) < 4.78 is 3.03. The van der Waals surface area contributed by atoms with Crippen LogP contribution in [0.3, 0.4) is 0 Å². The summed E-state index contributed by atoms with van der Waals surface area (Å²) in [4.78, 5) is 15.9. The van der Waals surface area contributed by atoms with Crippen LogP contribution in [0.2, 0.25) is 0 Å². The quantitative estimate of drug-likeness (QED) is 0.790. The van der Waals surface area contributed by atoms with Crippen LogP contribution in [-0.4, -0.2) is 24.5 Å². The van der Waals surface area contributed by atoms with Gasteiger partial charge in [0.1, 0.15) is 0 Å². The smallest absolute Gasteiger partial charge is 0.259 e. The van der Waals surface area contributed by atoms with E-state index in [4.69, 9.17) is 0 Å². The SMILES string of the molecule is CC(CCBr)CCn1nc2cnccn2c1=O. The second-order valence-corrected chi connectivity index (χ2v) is 4.97. The maximum atomic E-state index is 11.9. The molecule has 1 unspecified atom stereocenters. The van der Waals surface area contributed by atoms with E-state index in [0.29, 0.717) is 18.1 Å². The third kappa shape index (κ3) is 2.74. The van der Waals surface area contributed by atoms with Gasteiger partial charge in [0.15, 0.2) is 5.65 Å². The summed E-state index contributed by atoms with van der Waals surface area (Å²) >= 11 is 3.42. The molecule has 2 aromatic heterocycles. The lowest BCUT2D eigenvalue weighted by Crippen LogP contribution is -2.22. The predicted molar refractivity (Wildman–Crippen MR) is 69.4 cm³/mol. The van der Waals surface area contributed by atoms with Gasteiger partial charge < -0.3 is 0 Å². The van der Waals surface area contributed by atoms with Crippen LogP contribution < -0.4 is 5.69 Å². The number of halogens is 1. The van der Waals surface area contributed by atoms with E-state index in [1.165, 1.54) is 9.08 Å². The van der Waals surface area contributed by atoms with E-state index in [2.05, 4.69) is 32.9 Å². The molecule has 5 nitrogen and oxygen atoms in total. The molecule has 2 aromatic rings. The molecule has 0 spiro atoms. The molecule has 2 heterocycles. The number of aromatic nitrogens is 4. The Labute approximate surface area is 108 Å². The van der Waals surface area contributed by atoms with Gasteiger partial charge in [-0.25, -0.2) is 13.9 Å². The van der Waals surface area contributed by atoms with Gasteiger partial charge in [-0.3, -0.25) is 4.98 Å². The Kier molecular flexibility index (Phi) is 3.93. The highest BCUT2D eigenvalue weighted by atomic mass is 79.9. The fourth-order valence-corrected chi connectivity index (χ4v) is 2.48. The van der Waals surface area contributed by atoms with Crippen LogP contribution in [0.1, 0.15) is 19.8 Å². The van der Waals surface area contributed by atoms with Gasteiger partial charge in [0, 0.05) is 24.3 Å². The average molecular weight is 299 g/mol. The second-order valence-electron chi connectivity index (χ2n) is 4.18. The van der Waals surface area contributed by atoms with Crippen molar-refractivity contribution in [3.63, 3.8) is 0 Å². The fourth-order valence-electron chi connectivity index (χ4n) is 1.70. The van der Waals surface area contributed by atoms with Gasteiger partial charge in [0.05, 0.1) is 6.20 Å².